The molecule has 1 saturated heterocycles. The Balaban J connectivity index is 1.26. The van der Waals surface area contributed by atoms with Gasteiger partial charge < -0.3 is 25.2 Å². The highest BCUT2D eigenvalue weighted by molar-refractivity contribution is 7.99. The first-order chi connectivity index (χ1) is 24.3. The van der Waals surface area contributed by atoms with E-state index in [9.17, 15) is 19.5 Å². The van der Waals surface area contributed by atoms with Crippen molar-refractivity contribution >= 4 is 35.2 Å². The van der Waals surface area contributed by atoms with Crippen LogP contribution in [0.4, 0.5) is 5.69 Å². The molecule has 0 spiro atoms. The molecule has 4 aromatic rings. The van der Waals surface area contributed by atoms with Gasteiger partial charge in [0.2, 0.25) is 17.7 Å². The van der Waals surface area contributed by atoms with Crippen molar-refractivity contribution in [2.24, 2.45) is 0 Å². The van der Waals surface area contributed by atoms with E-state index in [1.807, 2.05) is 84.9 Å². The molecular formula is C39H43N3O7S. The molecule has 10 nitrogen and oxygen atoms in total. The minimum absolute atomic E-state index is 0.0225. The van der Waals surface area contributed by atoms with Crippen LogP contribution in [-0.4, -0.2) is 39.9 Å². The van der Waals surface area contributed by atoms with E-state index in [2.05, 4.69) is 22.8 Å². The maximum Gasteiger partial charge on any atom is 0.243 e. The van der Waals surface area contributed by atoms with Gasteiger partial charge in [-0.1, -0.05) is 60.7 Å². The lowest BCUT2D eigenvalue weighted by Gasteiger charge is -2.36. The van der Waals surface area contributed by atoms with Crippen molar-refractivity contribution in [1.29, 1.82) is 0 Å². The summed E-state index contributed by atoms with van der Waals surface area (Å²) >= 11 is 1.69. The fourth-order valence-corrected chi connectivity index (χ4v) is 6.61. The summed E-state index contributed by atoms with van der Waals surface area (Å²) in [6, 6.07) is 31.7. The molecule has 5 rings (SSSR count). The second-order valence-corrected chi connectivity index (χ2v) is 13.3. The molecule has 0 bridgehead atoms. The number of unbranched alkanes of at least 4 members (excludes halogenated alkanes) is 1. The molecule has 1 fully saturated rings. The molecule has 262 valence electrons. The molecular weight excluding hydrogens is 655 g/mol. The molecule has 0 unspecified atom stereocenters. The van der Waals surface area contributed by atoms with Crippen molar-refractivity contribution in [1.82, 2.24) is 10.8 Å². The van der Waals surface area contributed by atoms with Crippen LogP contribution in [0.15, 0.2) is 102 Å². The number of aliphatic hydroxyl groups is 1. The molecule has 50 heavy (non-hydrogen) atoms. The normalized spacial score (nSPS) is 17.1. The molecule has 0 radical (unpaired) electrons. The number of nitrogens with one attached hydrogen (secondary N) is 3. The first-order valence-electron chi connectivity index (χ1n) is 16.7. The Labute approximate surface area is 296 Å². The van der Waals surface area contributed by atoms with Gasteiger partial charge in [0.15, 0.2) is 6.29 Å². The number of anilines is 1. The van der Waals surface area contributed by atoms with Crippen molar-refractivity contribution in [2.75, 3.05) is 11.1 Å². The summed E-state index contributed by atoms with van der Waals surface area (Å²) in [7, 11) is 0. The fraction of sp³-hybridized carbons (Fsp3) is 0.308. The minimum Gasteiger partial charge on any atom is -0.392 e. The SMILES string of the molecule is CC(=O)Nc1ccc(SC[C@@H]2C[C@H](c3ccc(CO)cc3)O[C@H](c3cccc(-c4cccc(CNC(=O)CCCCC(=O)NO)c4)c3)O2)cc1. The number of carbonyl (C=O) groups excluding carboxylic acids is 3. The largest absolute Gasteiger partial charge is 0.392 e. The summed E-state index contributed by atoms with van der Waals surface area (Å²) in [6.45, 7) is 1.84. The van der Waals surface area contributed by atoms with Crippen LogP contribution < -0.4 is 16.1 Å². The monoisotopic (exact) mass is 697 g/mol. The number of rotatable bonds is 15. The summed E-state index contributed by atoms with van der Waals surface area (Å²) < 4.78 is 13.2. The number of benzene rings is 4. The highest BCUT2D eigenvalue weighted by Crippen LogP contribution is 2.40. The predicted octanol–water partition coefficient (Wildman–Crippen LogP) is 6.82. The summed E-state index contributed by atoms with van der Waals surface area (Å²) in [5.74, 6) is 0.0467. The van der Waals surface area contributed by atoms with E-state index < -0.39 is 12.2 Å². The Kier molecular flexibility index (Phi) is 13.6. The summed E-state index contributed by atoms with van der Waals surface area (Å²) in [4.78, 5) is 36.0. The second kappa shape index (κ2) is 18.5. The van der Waals surface area contributed by atoms with E-state index >= 15 is 0 Å². The number of thioether (sulfide) groups is 1. The summed E-state index contributed by atoms with van der Waals surface area (Å²) in [5, 5.41) is 23.9. The van der Waals surface area contributed by atoms with Crippen molar-refractivity contribution < 1.29 is 34.2 Å². The van der Waals surface area contributed by atoms with Crippen LogP contribution in [0.5, 0.6) is 0 Å². The zero-order valence-electron chi connectivity index (χ0n) is 28.0. The molecule has 4 aromatic carbocycles. The molecule has 0 saturated carbocycles. The average Bonchev–Trinajstić information content (AvgIpc) is 3.15. The van der Waals surface area contributed by atoms with Gasteiger partial charge in [-0.2, -0.15) is 0 Å². The standard InChI is InChI=1S/C39H43N3O7S/c1-26(44)41-33-16-18-35(19-17-33)50-25-34-22-36(29-14-12-27(24-43)13-15-29)49-39(48-34)32-9-5-8-31(21-32)30-7-4-6-28(20-30)23-40-37(45)10-2-3-11-38(46)42-47/h4-9,12-21,34,36,39,43,47H,2-3,10-11,22-25H2,1H3,(H,40,45)(H,41,44)(H,42,46)/t34-,36+,39+/m0/s1. The molecule has 1 heterocycles. The minimum atomic E-state index is -0.607. The zero-order valence-corrected chi connectivity index (χ0v) is 28.8. The van der Waals surface area contributed by atoms with Gasteiger partial charge in [0.25, 0.3) is 0 Å². The van der Waals surface area contributed by atoms with E-state index in [0.717, 1.165) is 44.0 Å². The molecule has 5 N–H and O–H groups in total. The summed E-state index contributed by atoms with van der Waals surface area (Å²) in [6.07, 6.45) is 1.29. The van der Waals surface area contributed by atoms with Gasteiger partial charge in [-0.25, -0.2) is 5.48 Å². The maximum atomic E-state index is 12.4. The van der Waals surface area contributed by atoms with Crippen molar-refractivity contribution in [3.05, 3.63) is 119 Å². The second-order valence-electron chi connectivity index (χ2n) is 12.2. The quantitative estimate of drug-likeness (QED) is 0.0394. The Morgan fingerprint density at radius 2 is 1.50 bits per heavy atom. The topological polar surface area (TPSA) is 146 Å². The van der Waals surface area contributed by atoms with Gasteiger partial charge in [-0.05, 0) is 77.1 Å². The van der Waals surface area contributed by atoms with Gasteiger partial charge in [0, 0.05) is 54.6 Å². The van der Waals surface area contributed by atoms with Gasteiger partial charge in [0.1, 0.15) is 0 Å². The highest BCUT2D eigenvalue weighted by Gasteiger charge is 2.32. The van der Waals surface area contributed by atoms with Crippen molar-refractivity contribution in [3.63, 3.8) is 0 Å². The van der Waals surface area contributed by atoms with Gasteiger partial charge >= 0.3 is 0 Å². The third-order valence-electron chi connectivity index (χ3n) is 8.32. The van der Waals surface area contributed by atoms with Crippen molar-refractivity contribution in [3.8, 4) is 11.1 Å². The van der Waals surface area contributed by atoms with Gasteiger partial charge in [0.05, 0.1) is 18.8 Å². The van der Waals surface area contributed by atoms with Crippen LogP contribution in [0.1, 0.15) is 73.7 Å². The zero-order chi connectivity index (χ0) is 35.3. The molecule has 11 heteroatoms. The number of ether oxygens (including phenoxy) is 2. The lowest BCUT2D eigenvalue weighted by atomic mass is 9.99. The van der Waals surface area contributed by atoms with Crippen molar-refractivity contribution in [2.45, 2.75) is 75.6 Å². The number of hydroxylamine groups is 1. The first kappa shape index (κ1) is 36.8. The molecule has 3 atom stereocenters. The van der Waals surface area contributed by atoms with E-state index in [4.69, 9.17) is 14.7 Å². The van der Waals surface area contributed by atoms with Crippen LogP contribution in [0.2, 0.25) is 0 Å². The molecule has 0 aromatic heterocycles. The predicted molar refractivity (Wildman–Crippen MR) is 192 cm³/mol. The van der Waals surface area contributed by atoms with E-state index in [-0.39, 0.29) is 37.0 Å². The third kappa shape index (κ3) is 11.0. The molecule has 1 aliphatic heterocycles. The van der Waals surface area contributed by atoms with Crippen LogP contribution >= 0.6 is 11.8 Å². The molecule has 3 amide bonds. The number of amides is 3. The first-order valence-corrected chi connectivity index (χ1v) is 17.7. The van der Waals surface area contributed by atoms with E-state index in [1.165, 1.54) is 6.92 Å². The van der Waals surface area contributed by atoms with Crippen LogP contribution in [0, 0.1) is 0 Å². The van der Waals surface area contributed by atoms with Gasteiger partial charge in [-0.15, -0.1) is 11.8 Å². The number of hydrogen-bond donors (Lipinski definition) is 5. The third-order valence-corrected chi connectivity index (χ3v) is 9.46. The highest BCUT2D eigenvalue weighted by atomic mass is 32.2. The lowest BCUT2D eigenvalue weighted by molar-refractivity contribution is -0.245. The Morgan fingerprint density at radius 3 is 2.20 bits per heavy atom. The smallest absolute Gasteiger partial charge is 0.243 e. The average molecular weight is 698 g/mol. The number of hydrogen-bond acceptors (Lipinski definition) is 8. The van der Waals surface area contributed by atoms with Crippen LogP contribution in [0.25, 0.3) is 11.1 Å². The van der Waals surface area contributed by atoms with E-state index in [0.29, 0.717) is 38.0 Å². The maximum absolute atomic E-state index is 12.4. The fourth-order valence-electron chi connectivity index (χ4n) is 5.69. The van der Waals surface area contributed by atoms with E-state index in [1.54, 1.807) is 17.2 Å². The molecule has 1 aliphatic rings. The van der Waals surface area contributed by atoms with Gasteiger partial charge in [-0.3, -0.25) is 19.6 Å². The Morgan fingerprint density at radius 1 is 0.800 bits per heavy atom. The van der Waals surface area contributed by atoms with Crippen LogP contribution in [-0.2, 0) is 37.0 Å². The lowest BCUT2D eigenvalue weighted by Crippen LogP contribution is -2.31. The van der Waals surface area contributed by atoms with Crippen LogP contribution in [0.3, 0.4) is 0 Å². The molecule has 0 aliphatic carbocycles. The Hall–Kier alpha value is -4.52. The number of aliphatic hydroxyl groups excluding tert-OH is 1. The Bertz CT molecular complexity index is 1730. The number of carbonyl (C=O) groups is 3. The summed E-state index contributed by atoms with van der Waals surface area (Å²) in [5.41, 5.74) is 8.05.